The first-order valence-electron chi connectivity index (χ1n) is 24.1. The van der Waals surface area contributed by atoms with Gasteiger partial charge in [0.05, 0.1) is 5.41 Å². The largest absolute Gasteiger partial charge is 0.456 e. The molecule has 0 saturated heterocycles. The van der Waals surface area contributed by atoms with Gasteiger partial charge in [0.15, 0.2) is 0 Å². The lowest BCUT2D eigenvalue weighted by Crippen LogP contribution is -2.29. The second-order valence-electron chi connectivity index (χ2n) is 18.7. The van der Waals surface area contributed by atoms with Gasteiger partial charge in [-0.15, -0.1) is 11.3 Å². The van der Waals surface area contributed by atoms with Gasteiger partial charge in [0, 0.05) is 48.4 Å². The van der Waals surface area contributed by atoms with Crippen LogP contribution in [0.2, 0.25) is 0 Å². The highest BCUT2D eigenvalue weighted by atomic mass is 32.1. The summed E-state index contributed by atoms with van der Waals surface area (Å²) in [6, 6.07) is 92.0. The van der Waals surface area contributed by atoms with E-state index in [0.717, 1.165) is 50.8 Å². The molecule has 15 rings (SSSR count). The Bertz CT molecular complexity index is 4110. The first-order chi connectivity index (χ1) is 34.7. The Hall–Kier alpha value is -8.76. The molecule has 0 saturated carbocycles. The molecule has 2 heterocycles. The zero-order chi connectivity index (χ0) is 45.9. The van der Waals surface area contributed by atoms with E-state index in [1.807, 2.05) is 17.4 Å². The second kappa shape index (κ2) is 15.1. The summed E-state index contributed by atoms with van der Waals surface area (Å²) in [5, 5.41) is 2.63. The molecule has 326 valence electrons. The van der Waals surface area contributed by atoms with E-state index in [9.17, 15) is 0 Å². The quantitative estimate of drug-likeness (QED) is 0.174. The van der Waals surface area contributed by atoms with Crippen molar-refractivity contribution in [3.8, 4) is 78.3 Å². The molecule has 0 amide bonds. The van der Waals surface area contributed by atoms with E-state index < -0.39 is 5.41 Å². The predicted molar refractivity (Wildman–Crippen MR) is 292 cm³/mol. The summed E-state index contributed by atoms with van der Waals surface area (Å²) in [7, 11) is 0. The van der Waals surface area contributed by atoms with Gasteiger partial charge in [-0.05, 0) is 145 Å². The summed E-state index contributed by atoms with van der Waals surface area (Å²) in [4.78, 5) is 2.43. The topological polar surface area (TPSA) is 12.5 Å². The van der Waals surface area contributed by atoms with Crippen LogP contribution in [0.4, 0.5) is 17.1 Å². The number of fused-ring (bicyclic) bond motifs is 20. The van der Waals surface area contributed by atoms with E-state index in [1.165, 1.54) is 86.9 Å². The van der Waals surface area contributed by atoms with Gasteiger partial charge in [-0.3, -0.25) is 0 Å². The lowest BCUT2D eigenvalue weighted by Gasteiger charge is -2.36. The van der Waals surface area contributed by atoms with Crippen molar-refractivity contribution in [3.05, 3.63) is 271 Å². The molecule has 11 aromatic carbocycles. The first kappa shape index (κ1) is 39.3. The maximum Gasteiger partial charge on any atom is 0.135 e. The minimum Gasteiger partial charge on any atom is -0.456 e. The maximum atomic E-state index is 6.79. The van der Waals surface area contributed by atoms with Crippen molar-refractivity contribution in [1.82, 2.24) is 0 Å². The molecule has 1 spiro atoms. The molecule has 0 radical (unpaired) electrons. The minimum absolute atomic E-state index is 0.609. The van der Waals surface area contributed by atoms with Crippen molar-refractivity contribution in [2.75, 3.05) is 4.90 Å². The number of nitrogens with zero attached hydrogens (tertiary/aromatic N) is 1. The third-order valence-electron chi connectivity index (χ3n) is 15.1. The average Bonchev–Trinajstić information content (AvgIpc) is 3.86. The SMILES string of the molecule is c1ccc(-c2ccc(N(c3ccc4c(c3)-c3ccccc3-c3ccccc3O4)c3ccc4c(c3)-c3ccccc3-c3ccccc3C43c4ccccc4-c4cc5c(cc43)sc3ccccc35)cc2)cc1. The second-order valence-corrected chi connectivity index (χ2v) is 19.8. The van der Waals surface area contributed by atoms with Gasteiger partial charge >= 0.3 is 0 Å². The Labute approximate surface area is 410 Å². The van der Waals surface area contributed by atoms with Crippen molar-refractivity contribution in [2.24, 2.45) is 0 Å². The van der Waals surface area contributed by atoms with Crippen LogP contribution >= 0.6 is 11.3 Å². The van der Waals surface area contributed by atoms with E-state index in [4.69, 9.17) is 4.74 Å². The van der Waals surface area contributed by atoms with Crippen molar-refractivity contribution < 1.29 is 4.74 Å². The molecule has 2 nitrogen and oxygen atoms in total. The Morgan fingerprint density at radius 1 is 0.286 bits per heavy atom. The lowest BCUT2D eigenvalue weighted by molar-refractivity contribution is 0.488. The normalized spacial score (nSPS) is 14.5. The van der Waals surface area contributed by atoms with Crippen LogP contribution in [0.15, 0.2) is 249 Å². The average molecular weight is 908 g/mol. The third kappa shape index (κ3) is 5.61. The number of hydrogen-bond acceptors (Lipinski definition) is 3. The molecule has 3 aliphatic rings. The van der Waals surface area contributed by atoms with Gasteiger partial charge in [0.1, 0.15) is 11.5 Å². The molecule has 1 aliphatic heterocycles. The fourth-order valence-electron chi connectivity index (χ4n) is 12.1. The summed E-state index contributed by atoms with van der Waals surface area (Å²) in [5.74, 6) is 1.69. The lowest BCUT2D eigenvalue weighted by atomic mass is 9.66. The summed E-state index contributed by atoms with van der Waals surface area (Å²) >= 11 is 1.90. The Morgan fingerprint density at radius 2 is 0.771 bits per heavy atom. The number of para-hydroxylation sites is 1. The van der Waals surface area contributed by atoms with E-state index >= 15 is 0 Å². The zero-order valence-corrected chi connectivity index (χ0v) is 38.8. The number of anilines is 3. The Balaban J connectivity index is 1.00. The van der Waals surface area contributed by atoms with Crippen molar-refractivity contribution >= 4 is 48.6 Å². The van der Waals surface area contributed by atoms with Gasteiger partial charge in [-0.2, -0.15) is 0 Å². The maximum absolute atomic E-state index is 6.79. The van der Waals surface area contributed by atoms with Crippen LogP contribution in [0.3, 0.4) is 0 Å². The summed E-state index contributed by atoms with van der Waals surface area (Å²) < 4.78 is 9.42. The van der Waals surface area contributed by atoms with Crippen molar-refractivity contribution in [2.45, 2.75) is 5.41 Å². The molecule has 2 aliphatic carbocycles. The van der Waals surface area contributed by atoms with Crippen LogP contribution in [0.25, 0.3) is 86.9 Å². The molecule has 3 heteroatoms. The van der Waals surface area contributed by atoms with E-state index in [1.54, 1.807) is 0 Å². The standard InChI is InChI=1S/C67H41NOS/c1-2-16-42(17-3-1)43-30-32-44(33-31-43)68(46-35-37-64-57(39-46)50-21-7-5-19-48(50)53-24-10-14-28-63(53)69-64)45-34-36-61-55(38-45)49-20-6-4-18-47(49)51-22-8-12-26-59(51)67(61)60-27-13-9-23-52(60)56-40-58-54-25-11-15-29-65(54)70-66(58)41-62(56)67/h1-41H. The number of thiophene rings is 1. The molecule has 1 unspecified atom stereocenters. The van der Waals surface area contributed by atoms with Crippen LogP contribution in [0.1, 0.15) is 22.3 Å². The van der Waals surface area contributed by atoms with Crippen LogP contribution in [0.5, 0.6) is 11.5 Å². The molecule has 70 heavy (non-hydrogen) atoms. The highest BCUT2D eigenvalue weighted by Crippen LogP contribution is 2.63. The number of ether oxygens (including phenoxy) is 1. The monoisotopic (exact) mass is 907 g/mol. The van der Waals surface area contributed by atoms with Gasteiger partial charge in [0.25, 0.3) is 0 Å². The first-order valence-corrected chi connectivity index (χ1v) is 24.9. The smallest absolute Gasteiger partial charge is 0.135 e. The minimum atomic E-state index is -0.609. The van der Waals surface area contributed by atoms with Crippen LogP contribution in [-0.4, -0.2) is 0 Å². The molecule has 1 atom stereocenters. The zero-order valence-electron chi connectivity index (χ0n) is 37.9. The predicted octanol–water partition coefficient (Wildman–Crippen LogP) is 18.6. The fraction of sp³-hybridized carbons (Fsp3) is 0.0149. The molecule has 0 fully saturated rings. The highest BCUT2D eigenvalue weighted by Gasteiger charge is 2.50. The fourth-order valence-corrected chi connectivity index (χ4v) is 13.3. The number of rotatable bonds is 4. The van der Waals surface area contributed by atoms with Crippen LogP contribution in [0, 0.1) is 0 Å². The summed E-state index contributed by atoms with van der Waals surface area (Å²) in [5.41, 5.74) is 22.1. The number of benzene rings is 11. The van der Waals surface area contributed by atoms with E-state index in [0.29, 0.717) is 0 Å². The molecule has 12 aromatic rings. The van der Waals surface area contributed by atoms with Gasteiger partial charge in [-0.25, -0.2) is 0 Å². The molecular formula is C67H41NOS. The van der Waals surface area contributed by atoms with E-state index in [2.05, 4.69) is 248 Å². The van der Waals surface area contributed by atoms with Crippen LogP contribution in [-0.2, 0) is 5.41 Å². The van der Waals surface area contributed by atoms with Gasteiger partial charge < -0.3 is 9.64 Å². The molecule has 1 aromatic heterocycles. The molecule has 0 bridgehead atoms. The van der Waals surface area contributed by atoms with Crippen LogP contribution < -0.4 is 9.64 Å². The molecule has 0 N–H and O–H groups in total. The van der Waals surface area contributed by atoms with Gasteiger partial charge in [-0.1, -0.05) is 182 Å². The van der Waals surface area contributed by atoms with E-state index in [-0.39, 0.29) is 0 Å². The Morgan fingerprint density at radius 3 is 1.51 bits per heavy atom. The van der Waals surface area contributed by atoms with Crippen molar-refractivity contribution in [3.63, 3.8) is 0 Å². The summed E-state index contributed by atoms with van der Waals surface area (Å²) in [6.45, 7) is 0. The Kier molecular flexibility index (Phi) is 8.48. The molecular weight excluding hydrogens is 867 g/mol. The number of hydrogen-bond donors (Lipinski definition) is 0. The summed E-state index contributed by atoms with van der Waals surface area (Å²) in [6.07, 6.45) is 0. The van der Waals surface area contributed by atoms with Gasteiger partial charge in [0.2, 0.25) is 0 Å². The highest BCUT2D eigenvalue weighted by molar-refractivity contribution is 7.25. The van der Waals surface area contributed by atoms with Crippen molar-refractivity contribution in [1.29, 1.82) is 0 Å². The third-order valence-corrected chi connectivity index (χ3v) is 16.2.